The van der Waals surface area contributed by atoms with Gasteiger partial charge >= 0.3 is 5.97 Å². The van der Waals surface area contributed by atoms with Gasteiger partial charge in [-0.25, -0.2) is 4.79 Å². The number of fused-ring (bicyclic) bond motifs is 3. The summed E-state index contributed by atoms with van der Waals surface area (Å²) in [6.07, 6.45) is 1.64. The number of aryl methyl sites for hydroxylation is 1. The predicted molar refractivity (Wildman–Crippen MR) is 101 cm³/mol. The van der Waals surface area contributed by atoms with Crippen molar-refractivity contribution in [3.05, 3.63) is 59.8 Å². The van der Waals surface area contributed by atoms with Crippen molar-refractivity contribution in [3.8, 4) is 11.1 Å². The van der Waals surface area contributed by atoms with E-state index in [1.807, 2.05) is 41.0 Å². The normalized spacial score (nSPS) is 17.3. The summed E-state index contributed by atoms with van der Waals surface area (Å²) in [7, 11) is 0. The quantitative estimate of drug-likeness (QED) is 0.634. The third kappa shape index (κ3) is 2.59. The number of alkyl halides is 1. The van der Waals surface area contributed by atoms with E-state index in [0.717, 1.165) is 34.9 Å². The molecule has 1 aromatic heterocycles. The van der Waals surface area contributed by atoms with Gasteiger partial charge in [0, 0.05) is 17.5 Å². The highest BCUT2D eigenvalue weighted by atomic mass is 79.9. The lowest BCUT2D eigenvalue weighted by Gasteiger charge is -2.09. The summed E-state index contributed by atoms with van der Waals surface area (Å²) in [5.74, 6) is -0.901. The molecule has 0 saturated carbocycles. The van der Waals surface area contributed by atoms with Crippen LogP contribution < -0.4 is 0 Å². The lowest BCUT2D eigenvalue weighted by molar-refractivity contribution is 0.0697. The average Bonchev–Trinajstić information content (AvgIpc) is 2.87. The van der Waals surface area contributed by atoms with Crippen LogP contribution in [0.4, 0.5) is 0 Å². The average molecular weight is 398 g/mol. The molecule has 3 aromatic rings. The minimum atomic E-state index is -0.961. The zero-order valence-corrected chi connectivity index (χ0v) is 15.0. The van der Waals surface area contributed by atoms with Crippen LogP contribution in [0.2, 0.25) is 0 Å². The molecule has 0 spiro atoms. The summed E-state index contributed by atoms with van der Waals surface area (Å²) >= 11 is 3.52. The Bertz CT molecular complexity index is 991. The number of nitrogens with zero attached hydrogens (tertiary/aromatic N) is 1. The highest BCUT2D eigenvalue weighted by Crippen LogP contribution is 2.38. The maximum atomic E-state index is 13.0. The molecule has 0 bridgehead atoms. The van der Waals surface area contributed by atoms with Crippen LogP contribution in [0.3, 0.4) is 0 Å². The monoisotopic (exact) mass is 397 g/mol. The molecule has 1 N–H and O–H groups in total. The molecule has 1 unspecified atom stereocenters. The SMILES string of the molecule is O=C(O)c1ccc2c(-c3ccccc3)c3n(c2c1)CCCC(Br)C3=O. The molecule has 0 aliphatic carbocycles. The Kier molecular flexibility index (Phi) is 3.96. The summed E-state index contributed by atoms with van der Waals surface area (Å²) in [5, 5.41) is 10.3. The van der Waals surface area contributed by atoms with Gasteiger partial charge in [-0.1, -0.05) is 52.3 Å². The van der Waals surface area contributed by atoms with Crippen LogP contribution in [-0.2, 0) is 6.54 Å². The van der Waals surface area contributed by atoms with E-state index in [-0.39, 0.29) is 16.2 Å². The summed E-state index contributed by atoms with van der Waals surface area (Å²) in [4.78, 5) is 24.2. The number of carbonyl (C=O) groups excluding carboxylic acids is 1. The van der Waals surface area contributed by atoms with Crippen molar-refractivity contribution >= 4 is 38.6 Å². The predicted octanol–water partition coefficient (Wildman–Crippen LogP) is 4.75. The van der Waals surface area contributed by atoms with Crippen molar-refractivity contribution < 1.29 is 14.7 Å². The molecule has 4 rings (SSSR count). The molecule has 4 nitrogen and oxygen atoms in total. The number of hydrogen-bond donors (Lipinski definition) is 1. The number of carboxylic acid groups (broad SMARTS) is 1. The topological polar surface area (TPSA) is 59.3 Å². The van der Waals surface area contributed by atoms with Crippen LogP contribution in [0.1, 0.15) is 33.7 Å². The Morgan fingerprint density at radius 1 is 1.16 bits per heavy atom. The Morgan fingerprint density at radius 2 is 1.92 bits per heavy atom. The standard InChI is InChI=1S/C20H16BrNO3/c21-15-7-4-10-22-16-11-13(20(24)25)8-9-14(16)17(18(22)19(15)23)12-5-2-1-3-6-12/h1-3,5-6,8-9,11,15H,4,7,10H2,(H,24,25). The van der Waals surface area contributed by atoms with Gasteiger partial charge in [0.2, 0.25) is 0 Å². The van der Waals surface area contributed by atoms with Crippen molar-refractivity contribution in [1.29, 1.82) is 0 Å². The first-order chi connectivity index (χ1) is 12.1. The third-order valence-electron chi connectivity index (χ3n) is 4.73. The van der Waals surface area contributed by atoms with Crippen molar-refractivity contribution in [1.82, 2.24) is 4.57 Å². The zero-order valence-electron chi connectivity index (χ0n) is 13.4. The molecule has 1 atom stereocenters. The van der Waals surface area contributed by atoms with Crippen molar-refractivity contribution in [2.45, 2.75) is 24.2 Å². The number of aromatic nitrogens is 1. The number of halogens is 1. The second-order valence-electron chi connectivity index (χ2n) is 6.25. The second-order valence-corrected chi connectivity index (χ2v) is 7.36. The molecule has 0 fully saturated rings. The van der Waals surface area contributed by atoms with Gasteiger partial charge in [0.15, 0.2) is 5.78 Å². The first-order valence-corrected chi connectivity index (χ1v) is 9.12. The first kappa shape index (κ1) is 16.1. The second kappa shape index (κ2) is 6.15. The van der Waals surface area contributed by atoms with E-state index in [2.05, 4.69) is 15.9 Å². The molecule has 1 aliphatic heterocycles. The highest BCUT2D eigenvalue weighted by Gasteiger charge is 2.30. The molecule has 5 heteroatoms. The highest BCUT2D eigenvalue weighted by molar-refractivity contribution is 9.10. The van der Waals surface area contributed by atoms with Gasteiger partial charge in [0.25, 0.3) is 0 Å². The zero-order chi connectivity index (χ0) is 17.6. The van der Waals surface area contributed by atoms with Gasteiger partial charge in [0.1, 0.15) is 0 Å². The molecular weight excluding hydrogens is 382 g/mol. The summed E-state index contributed by atoms with van der Waals surface area (Å²) < 4.78 is 1.99. The Morgan fingerprint density at radius 3 is 2.64 bits per heavy atom. The molecule has 1 aliphatic rings. The lowest BCUT2D eigenvalue weighted by Crippen LogP contribution is -2.15. The minimum absolute atomic E-state index is 0.0597. The summed E-state index contributed by atoms with van der Waals surface area (Å²) in [6, 6.07) is 14.9. The van der Waals surface area contributed by atoms with Crippen LogP contribution in [0.5, 0.6) is 0 Å². The van der Waals surface area contributed by atoms with Crippen molar-refractivity contribution in [3.63, 3.8) is 0 Å². The number of hydrogen-bond acceptors (Lipinski definition) is 2. The van der Waals surface area contributed by atoms with Crippen LogP contribution in [-0.4, -0.2) is 26.3 Å². The van der Waals surface area contributed by atoms with Gasteiger partial charge in [-0.15, -0.1) is 0 Å². The largest absolute Gasteiger partial charge is 0.478 e. The van der Waals surface area contributed by atoms with E-state index in [9.17, 15) is 14.7 Å². The van der Waals surface area contributed by atoms with Gasteiger partial charge in [0.05, 0.1) is 21.6 Å². The molecule has 0 radical (unpaired) electrons. The summed E-state index contributed by atoms with van der Waals surface area (Å²) in [6.45, 7) is 0.704. The number of ketones is 1. The summed E-state index contributed by atoms with van der Waals surface area (Å²) in [5.41, 5.74) is 3.58. The third-order valence-corrected chi connectivity index (χ3v) is 5.60. The van der Waals surface area contributed by atoms with Gasteiger partial charge < -0.3 is 9.67 Å². The fourth-order valence-corrected chi connectivity index (χ4v) is 4.12. The van der Waals surface area contributed by atoms with Crippen LogP contribution in [0, 0.1) is 0 Å². The number of benzene rings is 2. The number of rotatable bonds is 2. The van der Waals surface area contributed by atoms with Crippen LogP contribution in [0.15, 0.2) is 48.5 Å². The lowest BCUT2D eigenvalue weighted by atomic mass is 9.98. The van der Waals surface area contributed by atoms with Gasteiger partial charge in [-0.2, -0.15) is 0 Å². The first-order valence-electron chi connectivity index (χ1n) is 8.21. The van der Waals surface area contributed by atoms with E-state index in [0.29, 0.717) is 12.2 Å². The van der Waals surface area contributed by atoms with E-state index in [4.69, 9.17) is 0 Å². The molecule has 2 aromatic carbocycles. The van der Waals surface area contributed by atoms with Crippen LogP contribution in [0.25, 0.3) is 22.0 Å². The fourth-order valence-electron chi connectivity index (χ4n) is 3.58. The maximum absolute atomic E-state index is 13.0. The molecule has 2 heterocycles. The Hall–Kier alpha value is -2.40. The van der Waals surface area contributed by atoms with Gasteiger partial charge in [-0.05, 0) is 30.5 Å². The minimum Gasteiger partial charge on any atom is -0.478 e. The van der Waals surface area contributed by atoms with Crippen LogP contribution >= 0.6 is 15.9 Å². The molecular formula is C20H16BrNO3. The maximum Gasteiger partial charge on any atom is 0.335 e. The van der Waals surface area contributed by atoms with Crippen molar-refractivity contribution in [2.75, 3.05) is 0 Å². The number of carbonyl (C=O) groups is 2. The van der Waals surface area contributed by atoms with Crippen molar-refractivity contribution in [2.24, 2.45) is 0 Å². The fraction of sp³-hybridized carbons (Fsp3) is 0.200. The van der Waals surface area contributed by atoms with Gasteiger partial charge in [-0.3, -0.25) is 4.79 Å². The smallest absolute Gasteiger partial charge is 0.335 e. The number of carboxylic acids is 1. The molecule has 0 saturated heterocycles. The van der Waals surface area contributed by atoms with E-state index >= 15 is 0 Å². The molecule has 25 heavy (non-hydrogen) atoms. The van der Waals surface area contributed by atoms with E-state index in [1.165, 1.54) is 0 Å². The number of aromatic carboxylic acids is 1. The number of Topliss-reactive ketones (excluding diaryl/α,β-unsaturated/α-hetero) is 1. The van der Waals surface area contributed by atoms with E-state index in [1.54, 1.807) is 12.1 Å². The molecule has 126 valence electrons. The Balaban J connectivity index is 2.10. The molecule has 0 amide bonds. The van der Waals surface area contributed by atoms with E-state index < -0.39 is 5.97 Å². The Labute approximate surface area is 153 Å².